The number of hydrogen-bond donors (Lipinski definition) is 1. The summed E-state index contributed by atoms with van der Waals surface area (Å²) in [6.45, 7) is 9.03. The molecule has 5 heteroatoms. The molecule has 8 aromatic rings. The number of anilines is 2. The van der Waals surface area contributed by atoms with Crippen molar-refractivity contribution in [2.45, 2.75) is 34.1 Å². The molecule has 1 aliphatic rings. The molecule has 4 heterocycles. The molecule has 9 rings (SSSR count). The number of hydrogen-bond acceptors (Lipinski definition) is 4. The third kappa shape index (κ3) is 6.88. The minimum atomic E-state index is 0. The Kier molecular flexibility index (Phi) is 9.44. The topological polar surface area (TPSA) is 51.0 Å². The molecule has 0 fully saturated rings. The molecule has 0 atom stereocenters. The second kappa shape index (κ2) is 14.1. The van der Waals surface area contributed by atoms with Crippen LogP contribution in [0.2, 0.25) is 0 Å². The number of aromatic nitrogens is 2. The number of furan rings is 1. The van der Waals surface area contributed by atoms with Crippen molar-refractivity contribution in [3.05, 3.63) is 157 Å². The van der Waals surface area contributed by atoms with E-state index in [2.05, 4.69) is 123 Å². The van der Waals surface area contributed by atoms with E-state index in [0.717, 1.165) is 68.0 Å². The fourth-order valence-corrected chi connectivity index (χ4v) is 6.94. The van der Waals surface area contributed by atoms with Crippen LogP contribution in [-0.4, -0.2) is 9.97 Å². The van der Waals surface area contributed by atoms with Gasteiger partial charge in [0, 0.05) is 54.5 Å². The van der Waals surface area contributed by atoms with Crippen LogP contribution in [0.4, 0.5) is 11.4 Å². The van der Waals surface area contributed by atoms with Crippen LogP contribution in [-0.2, 0) is 26.5 Å². The summed E-state index contributed by atoms with van der Waals surface area (Å²) < 4.78 is 6.43. The monoisotopic (exact) mass is 840 g/mol. The Morgan fingerprint density at radius 1 is 0.667 bits per heavy atom. The summed E-state index contributed by atoms with van der Waals surface area (Å²) in [6, 6.07) is 48.0. The van der Waals surface area contributed by atoms with Gasteiger partial charge in [-0.05, 0) is 82.9 Å². The Morgan fingerprint density at radius 2 is 1.45 bits per heavy atom. The van der Waals surface area contributed by atoms with Crippen molar-refractivity contribution in [2.75, 3.05) is 5.32 Å². The summed E-state index contributed by atoms with van der Waals surface area (Å²) in [6.07, 6.45) is 4.70. The molecule has 51 heavy (non-hydrogen) atoms. The number of fused-ring (bicyclic) bond motifs is 10. The van der Waals surface area contributed by atoms with Crippen molar-refractivity contribution in [1.29, 1.82) is 0 Å². The zero-order valence-corrected chi connectivity index (χ0v) is 31.4. The maximum Gasteiger partial charge on any atom is 0.136 e. The Labute approximate surface area is 313 Å². The summed E-state index contributed by atoms with van der Waals surface area (Å²) in [5, 5.41) is 6.04. The van der Waals surface area contributed by atoms with E-state index < -0.39 is 0 Å². The SMILES string of the molecule is Cc1c2cc3oc4ccccc4c3c1-c1ccccc1Nc1c[c-]c(-c3cc(CC(C)(C)C)ccn3)cc1-2.[Ir].[c-]1ccccc1-c1ccccn1. The van der Waals surface area contributed by atoms with Gasteiger partial charge in [0.15, 0.2) is 0 Å². The van der Waals surface area contributed by atoms with E-state index in [4.69, 9.17) is 9.40 Å². The second-order valence-corrected chi connectivity index (χ2v) is 14.0. The number of para-hydroxylation sites is 2. The number of nitrogens with zero attached hydrogens (tertiary/aromatic N) is 2. The van der Waals surface area contributed by atoms with Gasteiger partial charge in [-0.15, -0.1) is 59.7 Å². The Bertz CT molecular complexity index is 2440. The van der Waals surface area contributed by atoms with Crippen molar-refractivity contribution in [3.63, 3.8) is 0 Å². The second-order valence-electron chi connectivity index (χ2n) is 14.0. The van der Waals surface area contributed by atoms with Crippen LogP contribution in [0.3, 0.4) is 0 Å². The molecule has 2 bridgehead atoms. The van der Waals surface area contributed by atoms with Crippen LogP contribution >= 0.6 is 0 Å². The third-order valence-electron chi connectivity index (χ3n) is 9.12. The maximum atomic E-state index is 6.43. The van der Waals surface area contributed by atoms with E-state index in [1.54, 1.807) is 6.20 Å². The molecule has 0 amide bonds. The molecule has 0 spiro atoms. The molecule has 1 radical (unpaired) electrons. The van der Waals surface area contributed by atoms with Gasteiger partial charge in [-0.25, -0.2) is 0 Å². The van der Waals surface area contributed by atoms with Gasteiger partial charge >= 0.3 is 0 Å². The molecule has 253 valence electrons. The van der Waals surface area contributed by atoms with E-state index in [-0.39, 0.29) is 25.5 Å². The first kappa shape index (κ1) is 34.1. The third-order valence-corrected chi connectivity index (χ3v) is 9.12. The summed E-state index contributed by atoms with van der Waals surface area (Å²) in [5.74, 6) is 0. The predicted octanol–water partition coefficient (Wildman–Crippen LogP) is 12.3. The van der Waals surface area contributed by atoms with E-state index in [9.17, 15) is 0 Å². The van der Waals surface area contributed by atoms with Crippen LogP contribution in [0, 0.1) is 24.5 Å². The molecule has 0 saturated carbocycles. The van der Waals surface area contributed by atoms with Gasteiger partial charge in [0.25, 0.3) is 0 Å². The van der Waals surface area contributed by atoms with E-state index >= 15 is 0 Å². The minimum Gasteiger partial charge on any atom is -0.456 e. The zero-order valence-electron chi connectivity index (χ0n) is 29.0. The van der Waals surface area contributed by atoms with E-state index in [0.29, 0.717) is 0 Å². The molecule has 4 nitrogen and oxygen atoms in total. The molecule has 0 aliphatic carbocycles. The van der Waals surface area contributed by atoms with Gasteiger partial charge < -0.3 is 19.7 Å². The van der Waals surface area contributed by atoms with E-state index in [1.165, 1.54) is 27.6 Å². The largest absolute Gasteiger partial charge is 0.456 e. The van der Waals surface area contributed by atoms with E-state index in [1.807, 2.05) is 54.7 Å². The molecule has 0 unspecified atom stereocenters. The van der Waals surface area contributed by atoms with Gasteiger partial charge in [-0.2, -0.15) is 0 Å². The van der Waals surface area contributed by atoms with Crippen LogP contribution in [0.25, 0.3) is 66.7 Å². The molecular weight excluding hydrogens is 803 g/mol. The van der Waals surface area contributed by atoms with Crippen molar-refractivity contribution in [3.8, 4) is 44.8 Å². The number of benzene rings is 5. The first-order valence-corrected chi connectivity index (χ1v) is 17.0. The summed E-state index contributed by atoms with van der Waals surface area (Å²) in [7, 11) is 0. The maximum absolute atomic E-state index is 6.43. The van der Waals surface area contributed by atoms with Gasteiger partial charge in [-0.3, -0.25) is 0 Å². The molecule has 5 aromatic carbocycles. The van der Waals surface area contributed by atoms with Gasteiger partial charge in [0.05, 0.1) is 0 Å². The van der Waals surface area contributed by atoms with Crippen molar-refractivity contribution in [2.24, 2.45) is 5.41 Å². The Morgan fingerprint density at radius 3 is 2.25 bits per heavy atom. The zero-order chi connectivity index (χ0) is 34.2. The van der Waals surface area contributed by atoms with Crippen molar-refractivity contribution < 1.29 is 24.5 Å². The summed E-state index contributed by atoms with van der Waals surface area (Å²) in [5.41, 5.74) is 15.3. The van der Waals surface area contributed by atoms with Crippen LogP contribution in [0.5, 0.6) is 0 Å². The first-order chi connectivity index (χ1) is 24.3. The summed E-state index contributed by atoms with van der Waals surface area (Å²) in [4.78, 5) is 8.95. The molecular formula is C46H37IrN3O-2. The Balaban J connectivity index is 0.000000265. The molecule has 3 aromatic heterocycles. The van der Waals surface area contributed by atoms with Gasteiger partial charge in [-0.1, -0.05) is 86.5 Å². The normalized spacial score (nSPS) is 11.6. The average molecular weight is 840 g/mol. The summed E-state index contributed by atoms with van der Waals surface area (Å²) >= 11 is 0. The average Bonchev–Trinajstić information content (AvgIpc) is 3.50. The van der Waals surface area contributed by atoms with Crippen LogP contribution in [0.15, 0.2) is 138 Å². The minimum absolute atomic E-state index is 0. The first-order valence-electron chi connectivity index (χ1n) is 17.0. The number of rotatable bonds is 3. The van der Waals surface area contributed by atoms with Gasteiger partial charge in [0.1, 0.15) is 11.2 Å². The van der Waals surface area contributed by atoms with Crippen LogP contribution < -0.4 is 5.32 Å². The van der Waals surface area contributed by atoms with Crippen LogP contribution in [0.1, 0.15) is 31.9 Å². The number of nitrogens with one attached hydrogen (secondary N) is 1. The predicted molar refractivity (Wildman–Crippen MR) is 206 cm³/mol. The Hall–Kier alpha value is -5.35. The van der Waals surface area contributed by atoms with Crippen molar-refractivity contribution in [1.82, 2.24) is 9.97 Å². The van der Waals surface area contributed by atoms with Crippen molar-refractivity contribution >= 4 is 33.3 Å². The van der Waals surface area contributed by atoms with Gasteiger partial charge in [0.2, 0.25) is 0 Å². The number of pyridine rings is 2. The molecule has 0 saturated heterocycles. The fourth-order valence-electron chi connectivity index (χ4n) is 6.94. The standard InChI is InChI=1S/C35H29N2O.C11H8N.Ir/c1-21-26-19-32-34(25-10-6-8-12-31(25)38-32)33(21)24-9-5-7-11-28(24)37-29-14-13-23(18-27(26)29)30-17-22(15-16-36-30)20-35(2,3)4;1-2-6-10(7-3-1)11-8-4-5-9-12-11;/h5-12,14-19,37H,20H2,1-4H3;1-6,8-9H;/q2*-1;. The fraction of sp³-hybridized carbons (Fsp3) is 0.130. The molecule has 1 N–H and O–H groups in total. The quantitative estimate of drug-likeness (QED) is 0.180. The smallest absolute Gasteiger partial charge is 0.136 e. The molecule has 1 aliphatic heterocycles.